The van der Waals surface area contributed by atoms with Gasteiger partial charge >= 0.3 is 6.18 Å². The summed E-state index contributed by atoms with van der Waals surface area (Å²) in [7, 11) is 0. The monoisotopic (exact) mass is 259 g/mol. The van der Waals surface area contributed by atoms with Crippen LogP contribution < -0.4 is 10.6 Å². The molecule has 1 saturated heterocycles. The quantitative estimate of drug-likeness (QED) is 0.886. The minimum atomic E-state index is -4.37. The first-order valence-corrected chi connectivity index (χ1v) is 5.83. The number of anilines is 1. The van der Waals surface area contributed by atoms with E-state index >= 15 is 0 Å². The van der Waals surface area contributed by atoms with E-state index in [1.165, 1.54) is 12.3 Å². The van der Waals surface area contributed by atoms with Crippen LogP contribution in [0, 0.1) is 5.41 Å². The molecule has 6 heteroatoms. The van der Waals surface area contributed by atoms with Gasteiger partial charge < -0.3 is 10.6 Å². The standard InChI is InChI=1S/C12H16F3N3/c1-11(7-16)4-6-18(8-11)10-9(12(13,14)15)3-2-5-17-10/h2-3,5H,4,6-8,16H2,1H3. The van der Waals surface area contributed by atoms with Crippen molar-refractivity contribution >= 4 is 5.82 Å². The van der Waals surface area contributed by atoms with E-state index in [1.807, 2.05) is 6.92 Å². The lowest BCUT2D eigenvalue weighted by Gasteiger charge is -2.25. The van der Waals surface area contributed by atoms with Gasteiger partial charge in [0.25, 0.3) is 0 Å². The van der Waals surface area contributed by atoms with Crippen molar-refractivity contribution in [3.63, 3.8) is 0 Å². The number of hydrogen-bond donors (Lipinski definition) is 1. The van der Waals surface area contributed by atoms with Crippen molar-refractivity contribution in [3.8, 4) is 0 Å². The van der Waals surface area contributed by atoms with Crippen LogP contribution in [0.5, 0.6) is 0 Å². The summed E-state index contributed by atoms with van der Waals surface area (Å²) in [5, 5.41) is 0. The van der Waals surface area contributed by atoms with Crippen molar-refractivity contribution in [1.29, 1.82) is 0 Å². The lowest BCUT2D eigenvalue weighted by atomic mass is 9.90. The van der Waals surface area contributed by atoms with Crippen LogP contribution in [-0.4, -0.2) is 24.6 Å². The molecule has 1 atom stereocenters. The summed E-state index contributed by atoms with van der Waals surface area (Å²) >= 11 is 0. The maximum absolute atomic E-state index is 12.9. The molecule has 1 fully saturated rings. The molecule has 2 heterocycles. The average molecular weight is 259 g/mol. The molecule has 1 aliphatic rings. The normalized spacial score (nSPS) is 24.6. The number of hydrogen-bond acceptors (Lipinski definition) is 3. The fourth-order valence-electron chi connectivity index (χ4n) is 2.24. The molecule has 0 radical (unpaired) electrons. The summed E-state index contributed by atoms with van der Waals surface area (Å²) in [5.41, 5.74) is 4.86. The van der Waals surface area contributed by atoms with Gasteiger partial charge in [0.05, 0.1) is 5.56 Å². The smallest absolute Gasteiger partial charge is 0.355 e. The Bertz CT molecular complexity index is 433. The molecule has 0 aliphatic carbocycles. The minimum absolute atomic E-state index is 0.0159. The third-order valence-corrected chi connectivity index (χ3v) is 3.44. The van der Waals surface area contributed by atoms with Gasteiger partial charge in [0.15, 0.2) is 0 Å². The fourth-order valence-corrected chi connectivity index (χ4v) is 2.24. The van der Waals surface area contributed by atoms with Crippen LogP contribution in [0.3, 0.4) is 0 Å². The van der Waals surface area contributed by atoms with Crippen molar-refractivity contribution in [2.75, 3.05) is 24.5 Å². The molecule has 0 saturated carbocycles. The number of alkyl halides is 3. The van der Waals surface area contributed by atoms with Gasteiger partial charge in [-0.2, -0.15) is 13.2 Å². The molecule has 18 heavy (non-hydrogen) atoms. The third-order valence-electron chi connectivity index (χ3n) is 3.44. The first-order chi connectivity index (χ1) is 8.36. The first-order valence-electron chi connectivity index (χ1n) is 5.83. The van der Waals surface area contributed by atoms with Crippen molar-refractivity contribution in [3.05, 3.63) is 23.9 Å². The van der Waals surface area contributed by atoms with Gasteiger partial charge in [-0.3, -0.25) is 0 Å². The molecular formula is C12H16F3N3. The van der Waals surface area contributed by atoms with Crippen LogP contribution in [0.15, 0.2) is 18.3 Å². The van der Waals surface area contributed by atoms with Crippen molar-refractivity contribution in [2.45, 2.75) is 19.5 Å². The molecule has 1 aromatic heterocycles. The topological polar surface area (TPSA) is 42.1 Å². The van der Waals surface area contributed by atoms with Crippen LogP contribution in [0.25, 0.3) is 0 Å². The highest BCUT2D eigenvalue weighted by molar-refractivity contribution is 5.49. The number of nitrogens with zero attached hydrogens (tertiary/aromatic N) is 2. The van der Waals surface area contributed by atoms with Gasteiger partial charge in [0.2, 0.25) is 0 Å². The van der Waals surface area contributed by atoms with E-state index in [0.717, 1.165) is 12.5 Å². The molecule has 0 spiro atoms. The van der Waals surface area contributed by atoms with Crippen molar-refractivity contribution < 1.29 is 13.2 Å². The zero-order chi connectivity index (χ0) is 13.4. The maximum atomic E-state index is 12.9. The summed E-state index contributed by atoms with van der Waals surface area (Å²) in [4.78, 5) is 5.57. The number of aromatic nitrogens is 1. The Morgan fingerprint density at radius 3 is 2.78 bits per heavy atom. The van der Waals surface area contributed by atoms with Crippen molar-refractivity contribution in [1.82, 2.24) is 4.98 Å². The average Bonchev–Trinajstić information content (AvgIpc) is 2.72. The lowest BCUT2D eigenvalue weighted by Crippen LogP contribution is -2.32. The summed E-state index contributed by atoms with van der Waals surface area (Å²) in [6.45, 7) is 3.54. The highest BCUT2D eigenvalue weighted by atomic mass is 19.4. The van der Waals surface area contributed by atoms with Crippen LogP contribution in [-0.2, 0) is 6.18 Å². The third kappa shape index (κ3) is 2.43. The second-order valence-corrected chi connectivity index (χ2v) is 5.06. The Morgan fingerprint density at radius 2 is 2.22 bits per heavy atom. The van der Waals surface area contributed by atoms with Crippen molar-refractivity contribution in [2.24, 2.45) is 11.1 Å². The second-order valence-electron chi connectivity index (χ2n) is 5.06. The van der Waals surface area contributed by atoms with E-state index in [1.54, 1.807) is 4.90 Å². The summed E-state index contributed by atoms with van der Waals surface area (Å²) in [5.74, 6) is 0.0159. The molecule has 3 nitrogen and oxygen atoms in total. The summed E-state index contributed by atoms with van der Waals surface area (Å²) in [6, 6.07) is 2.38. The predicted octanol–water partition coefficient (Wildman–Crippen LogP) is 2.28. The first kappa shape index (κ1) is 13.1. The second kappa shape index (κ2) is 4.42. The highest BCUT2D eigenvalue weighted by Gasteiger charge is 2.39. The zero-order valence-corrected chi connectivity index (χ0v) is 10.2. The van der Waals surface area contributed by atoms with E-state index < -0.39 is 11.7 Å². The van der Waals surface area contributed by atoms with Gasteiger partial charge in [-0.25, -0.2) is 4.98 Å². The highest BCUT2D eigenvalue weighted by Crippen LogP contribution is 2.38. The molecule has 0 bridgehead atoms. The maximum Gasteiger partial charge on any atom is 0.419 e. The minimum Gasteiger partial charge on any atom is -0.355 e. The molecule has 0 aromatic carbocycles. The molecular weight excluding hydrogens is 243 g/mol. The van der Waals surface area contributed by atoms with Gasteiger partial charge in [-0.05, 0) is 30.5 Å². The van der Waals surface area contributed by atoms with Gasteiger partial charge in [0, 0.05) is 19.3 Å². The Morgan fingerprint density at radius 1 is 1.50 bits per heavy atom. The largest absolute Gasteiger partial charge is 0.419 e. The molecule has 100 valence electrons. The Kier molecular flexibility index (Phi) is 3.23. The van der Waals surface area contributed by atoms with Crippen LogP contribution in [0.4, 0.5) is 19.0 Å². The van der Waals surface area contributed by atoms with Crippen LogP contribution in [0.1, 0.15) is 18.9 Å². The van der Waals surface area contributed by atoms with Crippen LogP contribution >= 0.6 is 0 Å². The summed E-state index contributed by atoms with van der Waals surface area (Å²) < 4.78 is 38.7. The Labute approximate surface area is 104 Å². The van der Waals surface area contributed by atoms with Crippen LogP contribution in [0.2, 0.25) is 0 Å². The van der Waals surface area contributed by atoms with E-state index in [9.17, 15) is 13.2 Å². The van der Waals surface area contributed by atoms with Gasteiger partial charge in [-0.15, -0.1) is 0 Å². The van der Waals surface area contributed by atoms with Gasteiger partial charge in [-0.1, -0.05) is 6.92 Å². The molecule has 1 aliphatic heterocycles. The zero-order valence-electron chi connectivity index (χ0n) is 10.2. The summed E-state index contributed by atoms with van der Waals surface area (Å²) in [6.07, 6.45) is -2.19. The SMILES string of the molecule is CC1(CN)CCN(c2ncccc2C(F)(F)F)C1. The fraction of sp³-hybridized carbons (Fsp3) is 0.583. The van der Waals surface area contributed by atoms with E-state index in [-0.39, 0.29) is 11.2 Å². The number of rotatable bonds is 2. The molecule has 1 aromatic rings. The Balaban J connectivity index is 2.31. The number of pyridine rings is 1. The number of nitrogens with two attached hydrogens (primary N) is 1. The molecule has 2 rings (SSSR count). The lowest BCUT2D eigenvalue weighted by molar-refractivity contribution is -0.137. The molecule has 0 amide bonds. The van der Waals surface area contributed by atoms with Gasteiger partial charge in [0.1, 0.15) is 5.82 Å². The number of halogens is 3. The van der Waals surface area contributed by atoms with E-state index in [2.05, 4.69) is 4.98 Å². The molecule has 2 N–H and O–H groups in total. The predicted molar refractivity (Wildman–Crippen MR) is 63.2 cm³/mol. The van der Waals surface area contributed by atoms with E-state index in [4.69, 9.17) is 5.73 Å². The molecule has 1 unspecified atom stereocenters. The Hall–Kier alpha value is -1.30. The van der Waals surface area contributed by atoms with E-state index in [0.29, 0.717) is 19.6 Å².